The molecular weight excluding hydrogens is 266 g/mol. The third-order valence-corrected chi connectivity index (χ3v) is 3.85. The van der Waals surface area contributed by atoms with Crippen LogP contribution in [0.15, 0.2) is 51.4 Å². The number of carbonyl (C=O) groups is 1. The van der Waals surface area contributed by atoms with Crippen molar-refractivity contribution in [2.24, 2.45) is 0 Å². The summed E-state index contributed by atoms with van der Waals surface area (Å²) >= 11 is 2.96. The lowest BCUT2D eigenvalue weighted by molar-refractivity contribution is 0.105. The second-order valence-electron chi connectivity index (χ2n) is 3.49. The molecule has 0 saturated heterocycles. The van der Waals surface area contributed by atoms with Crippen molar-refractivity contribution < 1.29 is 9.21 Å². The van der Waals surface area contributed by atoms with Crippen LogP contribution < -0.4 is 5.32 Å². The zero-order valence-electron chi connectivity index (χ0n) is 9.88. The van der Waals surface area contributed by atoms with Crippen LogP contribution in [-0.4, -0.2) is 12.0 Å². The zero-order valence-corrected chi connectivity index (χ0v) is 11.5. The summed E-state index contributed by atoms with van der Waals surface area (Å²) in [6, 6.07) is 7.44. The summed E-state index contributed by atoms with van der Waals surface area (Å²) in [5.74, 6) is 0.875. The van der Waals surface area contributed by atoms with Gasteiger partial charge in [-0.2, -0.15) is 0 Å². The molecule has 0 unspecified atom stereocenters. The van der Waals surface area contributed by atoms with Crippen molar-refractivity contribution in [1.82, 2.24) is 5.32 Å². The number of allylic oxidation sites excluding steroid dienone is 1. The molecule has 0 fully saturated rings. The fraction of sp³-hybridized carbons (Fsp3) is 0.154. The summed E-state index contributed by atoms with van der Waals surface area (Å²) in [6.07, 6.45) is 5.19. The highest BCUT2D eigenvalue weighted by molar-refractivity contribution is 8.02. The van der Waals surface area contributed by atoms with Crippen LogP contribution >= 0.6 is 23.1 Å². The van der Waals surface area contributed by atoms with Crippen LogP contribution in [0.3, 0.4) is 0 Å². The first-order chi connectivity index (χ1) is 8.79. The van der Waals surface area contributed by atoms with E-state index in [1.165, 1.54) is 23.1 Å². The highest BCUT2D eigenvalue weighted by atomic mass is 32.2. The third kappa shape index (κ3) is 3.51. The number of nitrogens with one attached hydrogen (secondary N) is 1. The average Bonchev–Trinajstić information content (AvgIpc) is 3.05. The predicted octanol–water partition coefficient (Wildman–Crippen LogP) is 3.52. The molecule has 18 heavy (non-hydrogen) atoms. The van der Waals surface area contributed by atoms with Crippen LogP contribution in [0.5, 0.6) is 0 Å². The lowest BCUT2D eigenvalue weighted by Gasteiger charge is -2.06. The molecule has 0 bridgehead atoms. The summed E-state index contributed by atoms with van der Waals surface area (Å²) < 4.78 is 5.22. The Morgan fingerprint density at radius 1 is 1.50 bits per heavy atom. The second kappa shape index (κ2) is 6.47. The van der Waals surface area contributed by atoms with Crippen LogP contribution in [0.2, 0.25) is 0 Å². The first kappa shape index (κ1) is 13.0. The van der Waals surface area contributed by atoms with E-state index in [4.69, 9.17) is 4.42 Å². The van der Waals surface area contributed by atoms with E-state index in [-0.39, 0.29) is 5.78 Å². The molecule has 5 heteroatoms. The highest BCUT2D eigenvalue weighted by Gasteiger charge is 2.06. The lowest BCUT2D eigenvalue weighted by Crippen LogP contribution is -2.11. The Bertz CT molecular complexity index is 515. The van der Waals surface area contributed by atoms with Crippen molar-refractivity contribution in [1.29, 1.82) is 0 Å². The smallest absolute Gasteiger partial charge is 0.198 e. The first-order valence-electron chi connectivity index (χ1n) is 5.39. The normalized spacial score (nSPS) is 11.5. The molecule has 2 rings (SSSR count). The molecule has 0 spiro atoms. The Balaban J connectivity index is 1.97. The largest absolute Gasteiger partial charge is 0.467 e. The maximum atomic E-state index is 11.9. The summed E-state index contributed by atoms with van der Waals surface area (Å²) in [6.45, 7) is 0.581. The lowest BCUT2D eigenvalue weighted by atomic mass is 10.3. The molecule has 3 nitrogen and oxygen atoms in total. The minimum absolute atomic E-state index is 0.0290. The summed E-state index contributed by atoms with van der Waals surface area (Å²) in [5.41, 5.74) is 0. The van der Waals surface area contributed by atoms with Gasteiger partial charge in [0.15, 0.2) is 5.78 Å². The van der Waals surface area contributed by atoms with Crippen LogP contribution in [-0.2, 0) is 6.54 Å². The van der Waals surface area contributed by atoms with Crippen LogP contribution in [0.4, 0.5) is 0 Å². The molecule has 0 saturated carbocycles. The molecule has 0 aliphatic rings. The zero-order chi connectivity index (χ0) is 12.8. The number of thioether (sulfide) groups is 1. The summed E-state index contributed by atoms with van der Waals surface area (Å²) in [5, 5.41) is 5.92. The molecule has 0 radical (unpaired) electrons. The number of ketones is 1. The van der Waals surface area contributed by atoms with Crippen molar-refractivity contribution in [3.05, 3.63) is 57.7 Å². The van der Waals surface area contributed by atoms with Gasteiger partial charge in [0.25, 0.3) is 0 Å². The Hall–Kier alpha value is -1.46. The summed E-state index contributed by atoms with van der Waals surface area (Å²) in [4.78, 5) is 12.6. The standard InChI is InChI=1S/C13H13NO2S2/c1-17-13(14-9-10-4-2-6-16-10)8-11(15)12-5-3-7-18-12/h2-8,14H,9H2,1H3/b13-8-. The number of rotatable bonds is 6. The Kier molecular flexibility index (Phi) is 4.66. The van der Waals surface area contributed by atoms with Crippen molar-refractivity contribution in [3.8, 4) is 0 Å². The molecule has 2 aromatic rings. The highest BCUT2D eigenvalue weighted by Crippen LogP contribution is 2.15. The van der Waals surface area contributed by atoms with Gasteiger partial charge in [0.2, 0.25) is 0 Å². The van der Waals surface area contributed by atoms with Gasteiger partial charge >= 0.3 is 0 Å². The van der Waals surface area contributed by atoms with E-state index in [0.717, 1.165) is 15.7 Å². The first-order valence-corrected chi connectivity index (χ1v) is 7.50. The fourth-order valence-corrected chi connectivity index (χ4v) is 2.46. The van der Waals surface area contributed by atoms with E-state index in [9.17, 15) is 4.79 Å². The van der Waals surface area contributed by atoms with E-state index >= 15 is 0 Å². The molecule has 0 aliphatic heterocycles. The van der Waals surface area contributed by atoms with E-state index in [0.29, 0.717) is 6.54 Å². The van der Waals surface area contributed by atoms with Gasteiger partial charge in [0.05, 0.1) is 22.7 Å². The van der Waals surface area contributed by atoms with Gasteiger partial charge in [-0.05, 0) is 29.8 Å². The second-order valence-corrected chi connectivity index (χ2v) is 5.28. The maximum Gasteiger partial charge on any atom is 0.198 e. The number of hydrogen-bond acceptors (Lipinski definition) is 5. The molecule has 2 aromatic heterocycles. The van der Waals surface area contributed by atoms with Crippen LogP contribution in [0.1, 0.15) is 15.4 Å². The number of furan rings is 1. The molecule has 0 aliphatic carbocycles. The molecule has 0 amide bonds. The van der Waals surface area contributed by atoms with Crippen molar-refractivity contribution >= 4 is 28.9 Å². The van der Waals surface area contributed by atoms with Gasteiger partial charge in [-0.15, -0.1) is 23.1 Å². The Morgan fingerprint density at radius 3 is 3.00 bits per heavy atom. The predicted molar refractivity (Wildman–Crippen MR) is 75.8 cm³/mol. The molecule has 0 atom stereocenters. The van der Waals surface area contributed by atoms with Crippen molar-refractivity contribution in [2.45, 2.75) is 6.54 Å². The SMILES string of the molecule is CS/C(=C\C(=O)c1cccs1)NCc1ccco1. The number of hydrogen-bond donors (Lipinski definition) is 1. The topological polar surface area (TPSA) is 42.2 Å². The Labute approximate surface area is 114 Å². The fourth-order valence-electron chi connectivity index (χ4n) is 1.38. The van der Waals surface area contributed by atoms with Gasteiger partial charge in [0.1, 0.15) is 5.76 Å². The van der Waals surface area contributed by atoms with E-state index in [1.54, 1.807) is 12.3 Å². The van der Waals surface area contributed by atoms with Gasteiger partial charge in [-0.3, -0.25) is 4.79 Å². The average molecular weight is 279 g/mol. The minimum atomic E-state index is 0.0290. The number of thiophene rings is 1. The van der Waals surface area contributed by atoms with Gasteiger partial charge < -0.3 is 9.73 Å². The quantitative estimate of drug-likeness (QED) is 0.649. The summed E-state index contributed by atoms with van der Waals surface area (Å²) in [7, 11) is 0. The minimum Gasteiger partial charge on any atom is -0.467 e. The van der Waals surface area contributed by atoms with E-state index in [1.807, 2.05) is 35.9 Å². The van der Waals surface area contributed by atoms with Crippen molar-refractivity contribution in [2.75, 3.05) is 6.26 Å². The van der Waals surface area contributed by atoms with E-state index in [2.05, 4.69) is 5.32 Å². The molecule has 0 aromatic carbocycles. The molecular formula is C13H13NO2S2. The van der Waals surface area contributed by atoms with Gasteiger partial charge in [-0.25, -0.2) is 0 Å². The van der Waals surface area contributed by atoms with Gasteiger partial charge in [0, 0.05) is 6.08 Å². The third-order valence-electron chi connectivity index (χ3n) is 2.26. The van der Waals surface area contributed by atoms with Gasteiger partial charge in [-0.1, -0.05) is 6.07 Å². The maximum absolute atomic E-state index is 11.9. The van der Waals surface area contributed by atoms with Crippen LogP contribution in [0.25, 0.3) is 0 Å². The number of carbonyl (C=O) groups excluding carboxylic acids is 1. The molecule has 94 valence electrons. The monoisotopic (exact) mass is 279 g/mol. The van der Waals surface area contributed by atoms with Crippen molar-refractivity contribution in [3.63, 3.8) is 0 Å². The van der Waals surface area contributed by atoms with Crippen LogP contribution in [0, 0.1) is 0 Å². The van der Waals surface area contributed by atoms with E-state index < -0.39 is 0 Å². The molecule has 1 N–H and O–H groups in total. The molecule has 2 heterocycles. The Morgan fingerprint density at radius 2 is 2.39 bits per heavy atom.